The van der Waals surface area contributed by atoms with Crippen LogP contribution in [-0.4, -0.2) is 30.3 Å². The minimum Gasteiger partial charge on any atom is -0.463 e. The molecule has 1 aliphatic heterocycles. The molecule has 1 amide bonds. The smallest absolute Gasteiger partial charge is 0.330 e. The van der Waals surface area contributed by atoms with Crippen molar-refractivity contribution in [2.75, 3.05) is 18.1 Å². The summed E-state index contributed by atoms with van der Waals surface area (Å²) in [5, 5.41) is 0.103. The first-order valence-electron chi connectivity index (χ1n) is 6.53. The summed E-state index contributed by atoms with van der Waals surface area (Å²) in [4.78, 5) is 24.7. The SMILES string of the molecule is CCOC(=O)/C=C/c1ccc(N2CC(S)CC2=O)cc1. The van der Waals surface area contributed by atoms with E-state index in [-0.39, 0.29) is 17.1 Å². The Balaban J connectivity index is 2.03. The van der Waals surface area contributed by atoms with Crippen molar-refractivity contribution in [1.29, 1.82) is 0 Å². The third-order valence-electron chi connectivity index (χ3n) is 3.01. The molecule has 5 heteroatoms. The minimum absolute atomic E-state index is 0.0971. The standard InChI is InChI=1S/C15H17NO3S/c1-2-19-15(18)8-5-11-3-6-12(7-4-11)16-10-13(20)9-14(16)17/h3-8,13,20H,2,9-10H2,1H3/b8-5+. The molecule has 0 radical (unpaired) electrons. The predicted octanol–water partition coefficient (Wildman–Crippen LogP) is 2.30. The Bertz CT molecular complexity index is 524. The van der Waals surface area contributed by atoms with E-state index in [0.717, 1.165) is 11.3 Å². The van der Waals surface area contributed by atoms with Crippen molar-refractivity contribution >= 4 is 36.3 Å². The highest BCUT2D eigenvalue weighted by molar-refractivity contribution is 7.81. The molecular formula is C15H17NO3S. The van der Waals surface area contributed by atoms with E-state index in [1.54, 1.807) is 17.9 Å². The van der Waals surface area contributed by atoms with Gasteiger partial charge >= 0.3 is 5.97 Å². The van der Waals surface area contributed by atoms with E-state index in [0.29, 0.717) is 19.6 Å². The number of esters is 1. The molecule has 1 aromatic rings. The number of hydrogen-bond donors (Lipinski definition) is 1. The molecule has 1 unspecified atom stereocenters. The molecule has 0 bridgehead atoms. The van der Waals surface area contributed by atoms with Crippen LogP contribution in [0.4, 0.5) is 5.69 Å². The van der Waals surface area contributed by atoms with Gasteiger partial charge in [0.05, 0.1) is 6.61 Å². The Morgan fingerprint density at radius 1 is 1.45 bits per heavy atom. The van der Waals surface area contributed by atoms with Gasteiger partial charge in [0, 0.05) is 30.0 Å². The molecular weight excluding hydrogens is 274 g/mol. The zero-order valence-electron chi connectivity index (χ0n) is 11.3. The number of benzene rings is 1. The van der Waals surface area contributed by atoms with Crippen molar-refractivity contribution in [1.82, 2.24) is 0 Å². The lowest BCUT2D eigenvalue weighted by molar-refractivity contribution is -0.137. The average Bonchev–Trinajstić information content (AvgIpc) is 2.76. The van der Waals surface area contributed by atoms with E-state index < -0.39 is 0 Å². The summed E-state index contributed by atoms with van der Waals surface area (Å²) in [6, 6.07) is 7.47. The Morgan fingerprint density at radius 2 is 2.15 bits per heavy atom. The molecule has 2 rings (SSSR count). The maximum Gasteiger partial charge on any atom is 0.330 e. The van der Waals surface area contributed by atoms with Crippen molar-refractivity contribution in [3.8, 4) is 0 Å². The molecule has 20 heavy (non-hydrogen) atoms. The van der Waals surface area contributed by atoms with Crippen molar-refractivity contribution in [2.45, 2.75) is 18.6 Å². The summed E-state index contributed by atoms with van der Waals surface area (Å²) in [5.74, 6) is -0.260. The first kappa shape index (κ1) is 14.7. The third-order valence-corrected chi connectivity index (χ3v) is 3.35. The number of thiol groups is 1. The van der Waals surface area contributed by atoms with Gasteiger partial charge in [0.2, 0.25) is 5.91 Å². The first-order chi connectivity index (χ1) is 9.60. The number of nitrogens with zero attached hydrogens (tertiary/aromatic N) is 1. The Labute approximate surface area is 123 Å². The summed E-state index contributed by atoms with van der Waals surface area (Å²) in [7, 11) is 0. The molecule has 0 spiro atoms. The summed E-state index contributed by atoms with van der Waals surface area (Å²) < 4.78 is 4.81. The molecule has 1 fully saturated rings. The normalized spacial score (nSPS) is 18.8. The van der Waals surface area contributed by atoms with E-state index in [9.17, 15) is 9.59 Å². The Hall–Kier alpha value is -1.75. The lowest BCUT2D eigenvalue weighted by Crippen LogP contribution is -2.24. The summed E-state index contributed by atoms with van der Waals surface area (Å²) in [6.45, 7) is 2.77. The lowest BCUT2D eigenvalue weighted by Gasteiger charge is -2.15. The third kappa shape index (κ3) is 3.63. The number of amides is 1. The number of anilines is 1. The summed E-state index contributed by atoms with van der Waals surface area (Å²) in [5.41, 5.74) is 1.75. The van der Waals surface area contributed by atoms with Crippen LogP contribution in [0, 0.1) is 0 Å². The van der Waals surface area contributed by atoms with Crippen LogP contribution in [0.5, 0.6) is 0 Å². The van der Waals surface area contributed by atoms with Crippen molar-refractivity contribution in [2.24, 2.45) is 0 Å². The highest BCUT2D eigenvalue weighted by atomic mass is 32.1. The van der Waals surface area contributed by atoms with E-state index in [2.05, 4.69) is 12.6 Å². The summed E-state index contributed by atoms with van der Waals surface area (Å²) in [6.07, 6.45) is 3.56. The van der Waals surface area contributed by atoms with Crippen LogP contribution >= 0.6 is 12.6 Å². The van der Waals surface area contributed by atoms with E-state index in [4.69, 9.17) is 4.74 Å². The zero-order valence-corrected chi connectivity index (χ0v) is 12.2. The van der Waals surface area contributed by atoms with Crippen LogP contribution in [0.2, 0.25) is 0 Å². The maximum absolute atomic E-state index is 11.8. The Kier molecular flexibility index (Phi) is 4.84. The number of hydrogen-bond acceptors (Lipinski definition) is 4. The van der Waals surface area contributed by atoms with Crippen molar-refractivity contribution in [3.63, 3.8) is 0 Å². The predicted molar refractivity (Wildman–Crippen MR) is 81.9 cm³/mol. The highest BCUT2D eigenvalue weighted by Gasteiger charge is 2.27. The second-order valence-corrected chi connectivity index (χ2v) is 5.27. The monoisotopic (exact) mass is 291 g/mol. The van der Waals surface area contributed by atoms with Crippen LogP contribution < -0.4 is 4.90 Å². The van der Waals surface area contributed by atoms with Crippen LogP contribution in [0.1, 0.15) is 18.9 Å². The molecule has 1 atom stereocenters. The fraction of sp³-hybridized carbons (Fsp3) is 0.333. The van der Waals surface area contributed by atoms with Gasteiger partial charge in [-0.1, -0.05) is 12.1 Å². The molecule has 1 saturated heterocycles. The molecule has 4 nitrogen and oxygen atoms in total. The fourth-order valence-corrected chi connectivity index (χ4v) is 2.38. The molecule has 1 aromatic carbocycles. The van der Waals surface area contributed by atoms with Gasteiger partial charge < -0.3 is 9.64 Å². The molecule has 0 saturated carbocycles. The number of rotatable bonds is 4. The van der Waals surface area contributed by atoms with Gasteiger partial charge in [-0.2, -0.15) is 12.6 Å². The molecule has 1 heterocycles. The minimum atomic E-state index is -0.357. The topological polar surface area (TPSA) is 46.6 Å². The highest BCUT2D eigenvalue weighted by Crippen LogP contribution is 2.24. The van der Waals surface area contributed by atoms with E-state index in [1.165, 1.54) is 6.08 Å². The number of carbonyl (C=O) groups is 2. The van der Waals surface area contributed by atoms with E-state index in [1.807, 2.05) is 24.3 Å². The van der Waals surface area contributed by atoms with Crippen molar-refractivity contribution in [3.05, 3.63) is 35.9 Å². The molecule has 0 aromatic heterocycles. The summed E-state index contributed by atoms with van der Waals surface area (Å²) >= 11 is 4.33. The van der Waals surface area contributed by atoms with Crippen molar-refractivity contribution < 1.29 is 14.3 Å². The number of ether oxygens (including phenoxy) is 1. The van der Waals surface area contributed by atoms with Gasteiger partial charge in [-0.05, 0) is 30.7 Å². The van der Waals surface area contributed by atoms with Gasteiger partial charge in [0.25, 0.3) is 0 Å². The lowest BCUT2D eigenvalue weighted by atomic mass is 10.2. The number of carbonyl (C=O) groups excluding carboxylic acids is 2. The molecule has 0 aliphatic carbocycles. The second-order valence-electron chi connectivity index (χ2n) is 4.54. The maximum atomic E-state index is 11.8. The van der Waals surface area contributed by atoms with Gasteiger partial charge in [-0.25, -0.2) is 4.79 Å². The van der Waals surface area contributed by atoms with Crippen LogP contribution in [0.3, 0.4) is 0 Å². The van der Waals surface area contributed by atoms with Crippen LogP contribution in [0.25, 0.3) is 6.08 Å². The molecule has 1 aliphatic rings. The van der Waals surface area contributed by atoms with Gasteiger partial charge in [-0.15, -0.1) is 0 Å². The van der Waals surface area contributed by atoms with Crippen LogP contribution in [0.15, 0.2) is 30.3 Å². The van der Waals surface area contributed by atoms with Crippen LogP contribution in [-0.2, 0) is 14.3 Å². The largest absolute Gasteiger partial charge is 0.463 e. The average molecular weight is 291 g/mol. The van der Waals surface area contributed by atoms with Gasteiger partial charge in [0.15, 0.2) is 0 Å². The Morgan fingerprint density at radius 3 is 2.70 bits per heavy atom. The first-order valence-corrected chi connectivity index (χ1v) is 7.05. The fourth-order valence-electron chi connectivity index (χ4n) is 2.06. The second kappa shape index (κ2) is 6.61. The van der Waals surface area contributed by atoms with Gasteiger partial charge in [0.1, 0.15) is 0 Å². The molecule has 0 N–H and O–H groups in total. The van der Waals surface area contributed by atoms with Gasteiger partial charge in [-0.3, -0.25) is 4.79 Å². The molecule has 106 valence electrons. The van der Waals surface area contributed by atoms with E-state index >= 15 is 0 Å². The quantitative estimate of drug-likeness (QED) is 0.526. The zero-order chi connectivity index (χ0) is 14.5.